The van der Waals surface area contributed by atoms with Gasteiger partial charge in [0.15, 0.2) is 0 Å². The molecule has 0 aliphatic carbocycles. The van der Waals surface area contributed by atoms with Gasteiger partial charge in [-0.05, 0) is 13.8 Å². The van der Waals surface area contributed by atoms with Crippen LogP contribution in [-0.4, -0.2) is 30.8 Å². The Balaban J connectivity index is 5.01. The Morgan fingerprint density at radius 3 is 1.95 bits per heavy atom. The Bertz CT molecular complexity index is 359. The van der Waals surface area contributed by atoms with Crippen molar-refractivity contribution in [1.82, 2.24) is 0 Å². The van der Waals surface area contributed by atoms with E-state index < -0.39 is 29.9 Å². The van der Waals surface area contributed by atoms with Crippen molar-refractivity contribution in [3.05, 3.63) is 11.8 Å². The molecule has 0 aromatic rings. The zero-order chi connectivity index (χ0) is 15.5. The number of rotatable bonds is 5. The number of hydrogen-bond donors (Lipinski definition) is 0. The Morgan fingerprint density at radius 2 is 1.58 bits per heavy atom. The number of ether oxygens (including phenoxy) is 2. The van der Waals surface area contributed by atoms with Crippen molar-refractivity contribution >= 4 is 5.97 Å². The first kappa shape index (κ1) is 17.5. The summed E-state index contributed by atoms with van der Waals surface area (Å²) in [4.78, 5) is 10.8. The molecule has 0 bridgehead atoms. The first-order valence-electron chi connectivity index (χ1n) is 4.71. The van der Waals surface area contributed by atoms with Gasteiger partial charge in [0.1, 0.15) is 5.76 Å². The molecule has 0 unspecified atom stereocenters. The van der Waals surface area contributed by atoms with Crippen molar-refractivity contribution in [1.29, 1.82) is 0 Å². The molecule has 112 valence electrons. The van der Waals surface area contributed by atoms with Gasteiger partial charge in [-0.2, -0.15) is 30.7 Å². The first-order valence-corrected chi connectivity index (χ1v) is 4.71. The zero-order valence-corrected chi connectivity index (χ0v) is 9.65. The summed E-state index contributed by atoms with van der Waals surface area (Å²) < 4.78 is 92.9. The smallest absolute Gasteiger partial charge is 0.463 e. The summed E-state index contributed by atoms with van der Waals surface area (Å²) in [5, 5.41) is 0. The average Bonchev–Trinajstić information content (AvgIpc) is 2.13. The van der Waals surface area contributed by atoms with Crippen molar-refractivity contribution in [2.45, 2.75) is 32.1 Å². The van der Waals surface area contributed by atoms with E-state index in [2.05, 4.69) is 9.47 Å². The van der Waals surface area contributed by atoms with Gasteiger partial charge < -0.3 is 9.47 Å². The summed E-state index contributed by atoms with van der Waals surface area (Å²) in [6.45, 7) is 1.84. The van der Waals surface area contributed by atoms with Gasteiger partial charge in [-0.25, -0.2) is 4.79 Å². The van der Waals surface area contributed by atoms with Crippen molar-refractivity contribution in [2.24, 2.45) is 0 Å². The molecule has 0 aliphatic heterocycles. The molecule has 0 N–H and O–H groups in total. The molecule has 0 aromatic carbocycles. The number of alkyl halides is 7. The van der Waals surface area contributed by atoms with E-state index in [1.807, 2.05) is 0 Å². The third-order valence-electron chi connectivity index (χ3n) is 1.62. The van der Waals surface area contributed by atoms with Crippen LogP contribution in [0.15, 0.2) is 11.8 Å². The highest BCUT2D eigenvalue weighted by atomic mass is 19.4. The Kier molecular flexibility index (Phi) is 5.22. The van der Waals surface area contributed by atoms with E-state index in [0.717, 1.165) is 0 Å². The SMILES string of the molecule is CCOC(=O)C=C(C)OC(F)(F)C(F)(F)C(F)(F)F. The van der Waals surface area contributed by atoms with Crippen LogP contribution >= 0.6 is 0 Å². The minimum absolute atomic E-state index is 0.141. The number of esters is 1. The van der Waals surface area contributed by atoms with Crippen LogP contribution in [0, 0.1) is 0 Å². The van der Waals surface area contributed by atoms with E-state index in [9.17, 15) is 35.5 Å². The number of carbonyl (C=O) groups is 1. The van der Waals surface area contributed by atoms with Gasteiger partial charge in [-0.1, -0.05) is 0 Å². The second-order valence-electron chi connectivity index (χ2n) is 3.20. The maximum Gasteiger partial charge on any atom is 0.474 e. The molecule has 0 aromatic heterocycles. The minimum Gasteiger partial charge on any atom is -0.463 e. The monoisotopic (exact) mass is 298 g/mol. The molecule has 0 spiro atoms. The van der Waals surface area contributed by atoms with Crippen molar-refractivity contribution in [3.63, 3.8) is 0 Å². The molecule has 10 heteroatoms. The van der Waals surface area contributed by atoms with Gasteiger partial charge in [0.05, 0.1) is 12.7 Å². The minimum atomic E-state index is -6.50. The molecule has 0 heterocycles. The van der Waals surface area contributed by atoms with Gasteiger partial charge in [0.2, 0.25) is 0 Å². The van der Waals surface area contributed by atoms with E-state index in [0.29, 0.717) is 6.92 Å². The van der Waals surface area contributed by atoms with Gasteiger partial charge in [0, 0.05) is 0 Å². The van der Waals surface area contributed by atoms with E-state index in [1.165, 1.54) is 6.92 Å². The van der Waals surface area contributed by atoms with Crippen LogP contribution < -0.4 is 0 Å². The number of hydrogen-bond acceptors (Lipinski definition) is 3. The maximum absolute atomic E-state index is 12.7. The largest absolute Gasteiger partial charge is 0.474 e. The fourth-order valence-corrected chi connectivity index (χ4v) is 0.811. The predicted octanol–water partition coefficient (Wildman–Crippen LogP) is 3.26. The summed E-state index contributed by atoms with van der Waals surface area (Å²) in [5.41, 5.74) is 0. The normalized spacial score (nSPS) is 14.3. The third-order valence-corrected chi connectivity index (χ3v) is 1.62. The van der Waals surface area contributed by atoms with Crippen LogP contribution in [0.5, 0.6) is 0 Å². The molecule has 0 saturated heterocycles. The molecule has 3 nitrogen and oxygen atoms in total. The molecular weight excluding hydrogens is 289 g/mol. The van der Waals surface area contributed by atoms with Crippen LogP contribution in [0.4, 0.5) is 30.7 Å². The lowest BCUT2D eigenvalue weighted by Crippen LogP contribution is -2.53. The number of allylic oxidation sites excluding steroid dienone is 1. The summed E-state index contributed by atoms with van der Waals surface area (Å²) in [5.74, 6) is -8.76. The summed E-state index contributed by atoms with van der Waals surface area (Å²) in [7, 11) is 0. The van der Waals surface area contributed by atoms with Crippen LogP contribution in [0.1, 0.15) is 13.8 Å². The van der Waals surface area contributed by atoms with Gasteiger partial charge in [-0.15, -0.1) is 0 Å². The molecule has 0 amide bonds. The van der Waals surface area contributed by atoms with Crippen LogP contribution in [0.3, 0.4) is 0 Å². The van der Waals surface area contributed by atoms with Crippen LogP contribution in [-0.2, 0) is 14.3 Å². The molecule has 0 rings (SSSR count). The quantitative estimate of drug-likeness (QED) is 0.338. The second kappa shape index (κ2) is 5.66. The Morgan fingerprint density at radius 1 is 1.11 bits per heavy atom. The molecule has 0 aliphatic rings. The standard InChI is InChI=1S/C9H9F7O3/c1-3-18-6(17)4-5(2)19-9(15,16)7(10,11)8(12,13)14/h4H,3H2,1-2H3. The van der Waals surface area contributed by atoms with E-state index in [4.69, 9.17) is 0 Å². The van der Waals surface area contributed by atoms with Crippen LogP contribution in [0.2, 0.25) is 0 Å². The number of halogens is 7. The fraction of sp³-hybridized carbons (Fsp3) is 0.667. The number of carbonyl (C=O) groups excluding carboxylic acids is 1. The van der Waals surface area contributed by atoms with Crippen LogP contribution in [0.25, 0.3) is 0 Å². The van der Waals surface area contributed by atoms with Crippen molar-refractivity contribution in [3.8, 4) is 0 Å². The predicted molar refractivity (Wildman–Crippen MR) is 47.4 cm³/mol. The Labute approximate surface area is 103 Å². The zero-order valence-electron chi connectivity index (χ0n) is 9.65. The molecule has 0 fully saturated rings. The van der Waals surface area contributed by atoms with Gasteiger partial charge >= 0.3 is 24.2 Å². The van der Waals surface area contributed by atoms with E-state index >= 15 is 0 Å². The van der Waals surface area contributed by atoms with Gasteiger partial charge in [0.25, 0.3) is 0 Å². The molecule has 0 radical (unpaired) electrons. The van der Waals surface area contributed by atoms with E-state index in [1.54, 1.807) is 0 Å². The molecule has 0 atom stereocenters. The molecule has 0 saturated carbocycles. The van der Waals surface area contributed by atoms with Crippen molar-refractivity contribution in [2.75, 3.05) is 6.61 Å². The average molecular weight is 298 g/mol. The lowest BCUT2D eigenvalue weighted by Gasteiger charge is -2.27. The lowest BCUT2D eigenvalue weighted by atomic mass is 10.3. The summed E-state index contributed by atoms with van der Waals surface area (Å²) in [6, 6.07) is 0. The maximum atomic E-state index is 12.7. The molecular formula is C9H9F7O3. The second-order valence-corrected chi connectivity index (χ2v) is 3.20. The summed E-state index contributed by atoms with van der Waals surface area (Å²) >= 11 is 0. The highest BCUT2D eigenvalue weighted by molar-refractivity contribution is 5.82. The van der Waals surface area contributed by atoms with Gasteiger partial charge in [-0.3, -0.25) is 0 Å². The lowest BCUT2D eigenvalue weighted by molar-refractivity contribution is -0.415. The highest BCUT2D eigenvalue weighted by Crippen LogP contribution is 2.47. The van der Waals surface area contributed by atoms with E-state index in [-0.39, 0.29) is 12.7 Å². The highest BCUT2D eigenvalue weighted by Gasteiger charge is 2.75. The molecule has 19 heavy (non-hydrogen) atoms. The van der Waals surface area contributed by atoms with Crippen molar-refractivity contribution < 1.29 is 45.0 Å². The fourth-order valence-electron chi connectivity index (χ4n) is 0.811. The first-order chi connectivity index (χ1) is 8.35. The Hall–Kier alpha value is -1.48. The topological polar surface area (TPSA) is 35.5 Å². The third kappa shape index (κ3) is 4.28. The summed E-state index contributed by atoms with van der Waals surface area (Å²) in [6.07, 6.45) is -12.1.